The van der Waals surface area contributed by atoms with Crippen molar-refractivity contribution in [3.05, 3.63) is 27.8 Å². The summed E-state index contributed by atoms with van der Waals surface area (Å²) in [4.78, 5) is 0. The van der Waals surface area contributed by atoms with Gasteiger partial charge in [0.05, 0.1) is 6.61 Å². The molecule has 0 saturated heterocycles. The third-order valence-corrected chi connectivity index (χ3v) is 4.06. The van der Waals surface area contributed by atoms with Crippen LogP contribution in [0, 0.1) is 19.8 Å². The molecule has 1 aliphatic rings. The Hall–Kier alpha value is -0.730. The fourth-order valence-electron chi connectivity index (χ4n) is 2.50. The van der Waals surface area contributed by atoms with Crippen LogP contribution in [0.1, 0.15) is 43.0 Å². The maximum atomic E-state index is 6.36. The molecular weight excluding hydrogens is 246 g/mol. The van der Waals surface area contributed by atoms with Gasteiger partial charge in [0.15, 0.2) is 0 Å². The van der Waals surface area contributed by atoms with Crippen LogP contribution in [-0.2, 0) is 0 Å². The van der Waals surface area contributed by atoms with Gasteiger partial charge in [0.2, 0.25) is 0 Å². The molecule has 2 rings (SSSR count). The summed E-state index contributed by atoms with van der Waals surface area (Å²) in [5.74, 6) is 1.65. The Morgan fingerprint density at radius 2 is 2.17 bits per heavy atom. The van der Waals surface area contributed by atoms with Crippen LogP contribution >= 0.6 is 11.6 Å². The monoisotopic (exact) mass is 267 g/mol. The zero-order chi connectivity index (χ0) is 13.3. The molecule has 0 bridgehead atoms. The van der Waals surface area contributed by atoms with E-state index >= 15 is 0 Å². The van der Waals surface area contributed by atoms with Crippen LogP contribution in [0.2, 0.25) is 5.02 Å². The third-order valence-electron chi connectivity index (χ3n) is 3.48. The maximum Gasteiger partial charge on any atom is 0.124 e. The third kappa shape index (κ3) is 2.65. The molecule has 1 unspecified atom stereocenters. The highest BCUT2D eigenvalue weighted by Crippen LogP contribution is 2.39. The molecule has 18 heavy (non-hydrogen) atoms. The van der Waals surface area contributed by atoms with Crippen molar-refractivity contribution in [1.82, 2.24) is 5.32 Å². The molecular formula is C15H22ClNO. The van der Waals surface area contributed by atoms with Crippen molar-refractivity contribution in [2.75, 3.05) is 13.2 Å². The average Bonchev–Trinajstić information content (AvgIpc) is 2.33. The number of ether oxygens (including phenoxy) is 1. The first-order valence-corrected chi connectivity index (χ1v) is 7.04. The predicted molar refractivity (Wildman–Crippen MR) is 76.6 cm³/mol. The van der Waals surface area contributed by atoms with Crippen LogP contribution in [0.5, 0.6) is 5.75 Å². The summed E-state index contributed by atoms with van der Waals surface area (Å²) in [6.45, 7) is 10.4. The van der Waals surface area contributed by atoms with Crippen LogP contribution < -0.4 is 10.1 Å². The summed E-state index contributed by atoms with van der Waals surface area (Å²) in [7, 11) is 0. The van der Waals surface area contributed by atoms with Crippen LogP contribution in [-0.4, -0.2) is 13.2 Å². The molecule has 0 aromatic heterocycles. The van der Waals surface area contributed by atoms with E-state index in [0.29, 0.717) is 12.0 Å². The summed E-state index contributed by atoms with van der Waals surface area (Å²) < 4.78 is 5.78. The first-order valence-electron chi connectivity index (χ1n) is 6.66. The zero-order valence-corrected chi connectivity index (χ0v) is 12.4. The summed E-state index contributed by atoms with van der Waals surface area (Å²) in [6, 6.07) is 2.43. The van der Waals surface area contributed by atoms with Gasteiger partial charge in [-0.15, -0.1) is 0 Å². The van der Waals surface area contributed by atoms with Crippen molar-refractivity contribution in [2.24, 2.45) is 5.92 Å². The molecule has 1 N–H and O–H groups in total. The van der Waals surface area contributed by atoms with E-state index in [2.05, 4.69) is 32.2 Å². The quantitative estimate of drug-likeness (QED) is 0.893. The minimum absolute atomic E-state index is 0.370. The fourth-order valence-corrected chi connectivity index (χ4v) is 2.66. The Morgan fingerprint density at radius 3 is 2.83 bits per heavy atom. The van der Waals surface area contributed by atoms with Gasteiger partial charge in [-0.3, -0.25) is 0 Å². The second-order valence-electron chi connectivity index (χ2n) is 5.54. The minimum Gasteiger partial charge on any atom is -0.493 e. The highest BCUT2D eigenvalue weighted by molar-refractivity contribution is 6.32. The molecule has 1 atom stereocenters. The molecule has 0 radical (unpaired) electrons. The number of rotatable bonds is 3. The second kappa shape index (κ2) is 5.50. The van der Waals surface area contributed by atoms with Gasteiger partial charge < -0.3 is 10.1 Å². The van der Waals surface area contributed by atoms with E-state index in [9.17, 15) is 0 Å². The lowest BCUT2D eigenvalue weighted by Gasteiger charge is -2.30. The lowest BCUT2D eigenvalue weighted by molar-refractivity contribution is 0.249. The van der Waals surface area contributed by atoms with Crippen molar-refractivity contribution in [2.45, 2.75) is 40.2 Å². The van der Waals surface area contributed by atoms with E-state index in [1.807, 2.05) is 6.92 Å². The van der Waals surface area contributed by atoms with Gasteiger partial charge in [0.25, 0.3) is 0 Å². The SMILES string of the molecule is Cc1cc2c(c(C)c1Cl)C(NCC(C)C)CCO2. The first-order chi connectivity index (χ1) is 8.50. The lowest BCUT2D eigenvalue weighted by Crippen LogP contribution is -2.30. The standard InChI is InChI=1S/C15H22ClNO/c1-9(2)8-17-12-5-6-18-13-7-10(3)15(16)11(4)14(12)13/h7,9,12,17H,5-6,8H2,1-4H3. The average molecular weight is 268 g/mol. The van der Waals surface area contributed by atoms with E-state index in [-0.39, 0.29) is 0 Å². The van der Waals surface area contributed by atoms with Gasteiger partial charge in [-0.05, 0) is 43.5 Å². The minimum atomic E-state index is 0.370. The van der Waals surface area contributed by atoms with Crippen LogP contribution in [0.3, 0.4) is 0 Å². The Bertz CT molecular complexity index is 443. The van der Waals surface area contributed by atoms with Gasteiger partial charge in [-0.1, -0.05) is 25.4 Å². The van der Waals surface area contributed by atoms with Crippen molar-refractivity contribution in [3.63, 3.8) is 0 Å². The molecule has 0 fully saturated rings. The fraction of sp³-hybridized carbons (Fsp3) is 0.600. The maximum absolute atomic E-state index is 6.36. The number of hydrogen-bond donors (Lipinski definition) is 1. The van der Waals surface area contributed by atoms with Crippen LogP contribution in [0.25, 0.3) is 0 Å². The van der Waals surface area contributed by atoms with E-state index < -0.39 is 0 Å². The van der Waals surface area contributed by atoms with Gasteiger partial charge in [-0.2, -0.15) is 0 Å². The Kier molecular flexibility index (Phi) is 4.18. The number of aryl methyl sites for hydroxylation is 1. The van der Waals surface area contributed by atoms with E-state index in [4.69, 9.17) is 16.3 Å². The predicted octanol–water partition coefficient (Wildman–Crippen LogP) is 4.03. The Balaban J connectivity index is 2.33. The highest BCUT2D eigenvalue weighted by atomic mass is 35.5. The van der Waals surface area contributed by atoms with E-state index in [1.54, 1.807) is 0 Å². The number of fused-ring (bicyclic) bond motifs is 1. The van der Waals surface area contributed by atoms with Crippen molar-refractivity contribution in [1.29, 1.82) is 0 Å². The molecule has 0 amide bonds. The molecule has 1 aromatic rings. The normalized spacial score (nSPS) is 18.7. The summed E-state index contributed by atoms with van der Waals surface area (Å²) in [6.07, 6.45) is 1.01. The van der Waals surface area contributed by atoms with Crippen LogP contribution in [0.4, 0.5) is 0 Å². The number of hydrogen-bond acceptors (Lipinski definition) is 2. The van der Waals surface area contributed by atoms with Crippen LogP contribution in [0.15, 0.2) is 6.07 Å². The van der Waals surface area contributed by atoms with Gasteiger partial charge in [0.1, 0.15) is 5.75 Å². The number of halogens is 1. The smallest absolute Gasteiger partial charge is 0.124 e. The van der Waals surface area contributed by atoms with Crippen molar-refractivity contribution >= 4 is 11.6 Å². The summed E-state index contributed by atoms with van der Waals surface area (Å²) >= 11 is 6.36. The van der Waals surface area contributed by atoms with E-state index in [1.165, 1.54) is 5.56 Å². The molecule has 3 heteroatoms. The van der Waals surface area contributed by atoms with Gasteiger partial charge in [-0.25, -0.2) is 0 Å². The summed E-state index contributed by atoms with van der Waals surface area (Å²) in [5.41, 5.74) is 3.50. The molecule has 0 spiro atoms. The summed E-state index contributed by atoms with van der Waals surface area (Å²) in [5, 5.41) is 4.50. The molecule has 100 valence electrons. The number of benzene rings is 1. The molecule has 1 heterocycles. The highest BCUT2D eigenvalue weighted by Gasteiger charge is 2.25. The molecule has 0 aliphatic carbocycles. The van der Waals surface area contributed by atoms with Crippen molar-refractivity contribution < 1.29 is 4.74 Å². The van der Waals surface area contributed by atoms with Gasteiger partial charge >= 0.3 is 0 Å². The molecule has 1 aliphatic heterocycles. The second-order valence-corrected chi connectivity index (χ2v) is 5.91. The topological polar surface area (TPSA) is 21.3 Å². The Labute approximate surface area is 115 Å². The molecule has 0 saturated carbocycles. The van der Waals surface area contributed by atoms with Gasteiger partial charge in [0, 0.05) is 23.0 Å². The number of nitrogens with one attached hydrogen (secondary N) is 1. The lowest BCUT2D eigenvalue weighted by atomic mass is 9.93. The zero-order valence-electron chi connectivity index (χ0n) is 11.6. The first kappa shape index (κ1) is 13.7. The molecule has 2 nitrogen and oxygen atoms in total. The molecule has 1 aromatic carbocycles. The largest absolute Gasteiger partial charge is 0.493 e. The van der Waals surface area contributed by atoms with Crippen molar-refractivity contribution in [3.8, 4) is 5.75 Å². The van der Waals surface area contributed by atoms with E-state index in [0.717, 1.165) is 41.5 Å². The Morgan fingerprint density at radius 1 is 1.44 bits per heavy atom.